The molecule has 0 bridgehead atoms. The summed E-state index contributed by atoms with van der Waals surface area (Å²) in [4.78, 5) is 9.41. The Morgan fingerprint density at radius 3 is 2.43 bits per heavy atom. The van der Waals surface area contributed by atoms with Crippen LogP contribution in [0.15, 0.2) is 59.9 Å². The first-order valence-corrected chi connectivity index (χ1v) is 6.78. The molecule has 1 N–H and O–H groups in total. The van der Waals surface area contributed by atoms with E-state index in [-0.39, 0.29) is 5.82 Å². The van der Waals surface area contributed by atoms with Crippen molar-refractivity contribution in [1.29, 1.82) is 0 Å². The van der Waals surface area contributed by atoms with Crippen LogP contribution in [0.2, 0.25) is 0 Å². The molecule has 0 unspecified atom stereocenters. The normalized spacial score (nSPS) is 16.3. The third kappa shape index (κ3) is 2.65. The summed E-state index contributed by atoms with van der Waals surface area (Å²) in [6, 6.07) is 11.3. The molecule has 3 rings (SSSR count). The van der Waals surface area contributed by atoms with Gasteiger partial charge in [0.05, 0.1) is 5.56 Å². The van der Waals surface area contributed by atoms with Gasteiger partial charge in [-0.1, -0.05) is 24.8 Å². The van der Waals surface area contributed by atoms with E-state index < -0.39 is 11.9 Å². The van der Waals surface area contributed by atoms with E-state index in [2.05, 4.69) is 21.9 Å². The van der Waals surface area contributed by atoms with Gasteiger partial charge < -0.3 is 5.32 Å². The smallest absolute Gasteiger partial charge is 0.326 e. The Kier molecular flexibility index (Phi) is 3.55. The zero-order valence-corrected chi connectivity index (χ0v) is 12.2. The van der Waals surface area contributed by atoms with Crippen LogP contribution in [0.4, 0.5) is 24.7 Å². The van der Waals surface area contributed by atoms with Gasteiger partial charge in [-0.05, 0) is 24.3 Å². The summed E-state index contributed by atoms with van der Waals surface area (Å²) >= 11 is 0. The van der Waals surface area contributed by atoms with Gasteiger partial charge in [-0.3, -0.25) is 9.89 Å². The van der Waals surface area contributed by atoms with Crippen molar-refractivity contribution in [2.24, 2.45) is 4.99 Å². The minimum atomic E-state index is -4.52. The van der Waals surface area contributed by atoms with Gasteiger partial charge in [-0.15, -0.1) is 0 Å². The minimum absolute atomic E-state index is 0.148. The number of pyridine rings is 1. The Morgan fingerprint density at radius 1 is 1.13 bits per heavy atom. The number of amidine groups is 1. The second-order valence-electron chi connectivity index (χ2n) is 4.88. The molecule has 1 aliphatic rings. The molecule has 1 aromatic heterocycles. The third-order valence-electron chi connectivity index (χ3n) is 3.40. The van der Waals surface area contributed by atoms with Crippen molar-refractivity contribution in [2.45, 2.75) is 6.18 Å². The first-order valence-electron chi connectivity index (χ1n) is 6.78. The molecule has 0 saturated carbocycles. The highest BCUT2D eigenvalue weighted by Crippen LogP contribution is 2.36. The molecule has 4 nitrogen and oxygen atoms in total. The quantitative estimate of drug-likeness (QED) is 0.872. The molecule has 0 radical (unpaired) electrons. The number of nitrogens with one attached hydrogen (secondary N) is 1. The summed E-state index contributed by atoms with van der Waals surface area (Å²) in [6.45, 7) is 3.87. The van der Waals surface area contributed by atoms with Gasteiger partial charge in [-0.2, -0.15) is 13.2 Å². The number of benzene rings is 1. The summed E-state index contributed by atoms with van der Waals surface area (Å²) in [7, 11) is 1.55. The average molecular weight is 318 g/mol. The standard InChI is InChI=1S/C16H13F3N4/c1-10-21-14(20-2)12-8-9-13(16(17,18)19)22-15(12)23(10)11-6-4-3-5-7-11/h3-9H,1H2,2H3,(H,20,21). The van der Waals surface area contributed by atoms with Gasteiger partial charge in [0.1, 0.15) is 23.2 Å². The number of aromatic nitrogens is 1. The molecule has 0 fully saturated rings. The highest BCUT2D eigenvalue weighted by molar-refractivity contribution is 6.07. The summed E-state index contributed by atoms with van der Waals surface area (Å²) in [5, 5.41) is 2.99. The molecule has 0 atom stereocenters. The topological polar surface area (TPSA) is 40.5 Å². The van der Waals surface area contributed by atoms with E-state index >= 15 is 0 Å². The van der Waals surface area contributed by atoms with E-state index in [1.54, 1.807) is 36.2 Å². The molecular weight excluding hydrogens is 305 g/mol. The van der Waals surface area contributed by atoms with E-state index in [9.17, 15) is 13.2 Å². The summed E-state index contributed by atoms with van der Waals surface area (Å²) < 4.78 is 39.0. The molecule has 2 aromatic rings. The predicted octanol–water partition coefficient (Wildman–Crippen LogP) is 3.69. The zero-order valence-electron chi connectivity index (χ0n) is 12.2. The molecule has 0 amide bonds. The first-order chi connectivity index (χ1) is 10.9. The van der Waals surface area contributed by atoms with Crippen LogP contribution in [0.25, 0.3) is 0 Å². The molecule has 0 spiro atoms. The average Bonchev–Trinajstić information content (AvgIpc) is 2.53. The number of para-hydroxylation sites is 1. The number of hydrogen-bond donors (Lipinski definition) is 1. The summed E-state index contributed by atoms with van der Waals surface area (Å²) in [5.74, 6) is 0.963. The number of halogens is 3. The van der Waals surface area contributed by atoms with Crippen LogP contribution < -0.4 is 10.2 Å². The molecule has 7 heteroatoms. The van der Waals surface area contributed by atoms with Crippen molar-refractivity contribution in [1.82, 2.24) is 10.3 Å². The minimum Gasteiger partial charge on any atom is -0.326 e. The van der Waals surface area contributed by atoms with Gasteiger partial charge in [0.2, 0.25) is 0 Å². The maximum atomic E-state index is 13.0. The van der Waals surface area contributed by atoms with Crippen LogP contribution >= 0.6 is 0 Å². The first kappa shape index (κ1) is 15.1. The molecule has 0 saturated heterocycles. The third-order valence-corrected chi connectivity index (χ3v) is 3.40. The van der Waals surface area contributed by atoms with Gasteiger partial charge in [0, 0.05) is 12.7 Å². The number of rotatable bonds is 1. The zero-order chi connectivity index (χ0) is 16.6. The van der Waals surface area contributed by atoms with Crippen molar-refractivity contribution in [3.8, 4) is 0 Å². The molecule has 0 aliphatic carbocycles. The predicted molar refractivity (Wildman–Crippen MR) is 82.6 cm³/mol. The van der Waals surface area contributed by atoms with Gasteiger partial charge in [0.15, 0.2) is 0 Å². The number of fused-ring (bicyclic) bond motifs is 1. The molecular formula is C16H13F3N4. The molecule has 1 aliphatic heterocycles. The Balaban J connectivity index is 2.23. The van der Waals surface area contributed by atoms with E-state index in [1.165, 1.54) is 6.07 Å². The SMILES string of the molecule is C=C1NC(=NC)c2ccc(C(F)(F)F)nc2N1c1ccccc1. The van der Waals surface area contributed by atoms with Gasteiger partial charge in [-0.25, -0.2) is 4.98 Å². The van der Waals surface area contributed by atoms with Crippen LogP contribution in [0.5, 0.6) is 0 Å². The van der Waals surface area contributed by atoms with Crippen molar-refractivity contribution in [3.63, 3.8) is 0 Å². The lowest BCUT2D eigenvalue weighted by molar-refractivity contribution is -0.141. The number of hydrogen-bond acceptors (Lipinski definition) is 3. The largest absolute Gasteiger partial charge is 0.433 e. The highest BCUT2D eigenvalue weighted by Gasteiger charge is 2.35. The number of nitrogens with zero attached hydrogens (tertiary/aromatic N) is 3. The highest BCUT2D eigenvalue weighted by atomic mass is 19.4. The second-order valence-corrected chi connectivity index (χ2v) is 4.88. The maximum Gasteiger partial charge on any atom is 0.433 e. The Labute approximate surface area is 131 Å². The van der Waals surface area contributed by atoms with Crippen LogP contribution in [-0.4, -0.2) is 17.9 Å². The fourth-order valence-electron chi connectivity index (χ4n) is 2.38. The molecule has 1 aromatic carbocycles. The lowest BCUT2D eigenvalue weighted by atomic mass is 10.1. The Morgan fingerprint density at radius 2 is 1.83 bits per heavy atom. The number of aliphatic imine (C=N–C) groups is 1. The Bertz CT molecular complexity index is 782. The van der Waals surface area contributed by atoms with E-state index in [0.717, 1.165) is 6.07 Å². The number of anilines is 2. The van der Waals surface area contributed by atoms with Crippen molar-refractivity contribution in [3.05, 3.63) is 66.1 Å². The second kappa shape index (κ2) is 5.42. The van der Waals surface area contributed by atoms with E-state index in [1.807, 2.05) is 6.07 Å². The Hall–Kier alpha value is -2.83. The van der Waals surface area contributed by atoms with Gasteiger partial charge >= 0.3 is 6.18 Å². The van der Waals surface area contributed by atoms with Crippen molar-refractivity contribution in [2.75, 3.05) is 11.9 Å². The summed E-state index contributed by atoms with van der Waals surface area (Å²) in [5.41, 5.74) is 0.187. The van der Waals surface area contributed by atoms with Crippen molar-refractivity contribution < 1.29 is 13.2 Å². The van der Waals surface area contributed by atoms with Crippen LogP contribution in [0.1, 0.15) is 11.3 Å². The van der Waals surface area contributed by atoms with Crippen LogP contribution in [0.3, 0.4) is 0 Å². The molecule has 118 valence electrons. The fourth-order valence-corrected chi connectivity index (χ4v) is 2.38. The maximum absolute atomic E-state index is 13.0. The molecule has 2 heterocycles. The lowest BCUT2D eigenvalue weighted by Gasteiger charge is -2.33. The monoisotopic (exact) mass is 318 g/mol. The fraction of sp³-hybridized carbons (Fsp3) is 0.125. The van der Waals surface area contributed by atoms with E-state index in [4.69, 9.17) is 0 Å². The molecule has 23 heavy (non-hydrogen) atoms. The van der Waals surface area contributed by atoms with E-state index in [0.29, 0.717) is 22.9 Å². The number of alkyl halides is 3. The van der Waals surface area contributed by atoms with Crippen molar-refractivity contribution >= 4 is 17.3 Å². The van der Waals surface area contributed by atoms with Gasteiger partial charge in [0.25, 0.3) is 0 Å². The van der Waals surface area contributed by atoms with Crippen LogP contribution in [0, 0.1) is 0 Å². The summed E-state index contributed by atoms with van der Waals surface area (Å²) in [6.07, 6.45) is -4.52. The van der Waals surface area contributed by atoms with Crippen LogP contribution in [-0.2, 0) is 6.18 Å². The lowest BCUT2D eigenvalue weighted by Crippen LogP contribution is -2.39.